The van der Waals surface area contributed by atoms with Crippen molar-refractivity contribution in [3.8, 4) is 17.4 Å². The molecule has 1 aromatic heterocycles. The van der Waals surface area contributed by atoms with E-state index in [9.17, 15) is 9.90 Å². The Bertz CT molecular complexity index is 669. The second-order valence-electron chi connectivity index (χ2n) is 4.43. The molecule has 1 atom stereocenters. The van der Waals surface area contributed by atoms with Crippen LogP contribution in [0.5, 0.6) is 17.4 Å². The number of aromatic nitrogens is 1. The average Bonchev–Trinajstić information content (AvgIpc) is 2.48. The lowest BCUT2D eigenvalue weighted by Gasteiger charge is -2.23. The van der Waals surface area contributed by atoms with Gasteiger partial charge in [-0.05, 0) is 30.3 Å². The molecule has 3 rings (SSSR count). The lowest BCUT2D eigenvalue weighted by molar-refractivity contribution is -0.134. The van der Waals surface area contributed by atoms with E-state index in [0.29, 0.717) is 34.9 Å². The van der Waals surface area contributed by atoms with E-state index in [-0.39, 0.29) is 5.97 Å². The van der Waals surface area contributed by atoms with Crippen molar-refractivity contribution in [1.29, 1.82) is 0 Å². The van der Waals surface area contributed by atoms with E-state index in [4.69, 9.17) is 9.47 Å². The van der Waals surface area contributed by atoms with Gasteiger partial charge in [-0.2, -0.15) is 0 Å². The van der Waals surface area contributed by atoms with E-state index < -0.39 is 6.10 Å². The summed E-state index contributed by atoms with van der Waals surface area (Å²) in [4.78, 5) is 15.4. The first-order valence-corrected chi connectivity index (χ1v) is 6.34. The molecule has 20 heavy (non-hydrogen) atoms. The largest absolute Gasteiger partial charge is 0.438 e. The number of fused-ring (bicyclic) bond motifs is 2. The lowest BCUT2D eigenvalue weighted by atomic mass is 9.99. The van der Waals surface area contributed by atoms with E-state index in [1.807, 2.05) is 0 Å². The predicted octanol–water partition coefficient (Wildman–Crippen LogP) is 2.58. The quantitative estimate of drug-likeness (QED) is 0.671. The van der Waals surface area contributed by atoms with Crippen LogP contribution in [-0.4, -0.2) is 16.1 Å². The van der Waals surface area contributed by atoms with Gasteiger partial charge < -0.3 is 14.6 Å². The number of carbonyl (C=O) groups excluding carboxylic acids is 1. The van der Waals surface area contributed by atoms with Crippen LogP contribution in [0, 0.1) is 0 Å². The van der Waals surface area contributed by atoms with Gasteiger partial charge in [0.15, 0.2) is 0 Å². The number of carbonyl (C=O) groups is 1. The smallest absolute Gasteiger partial charge is 0.310 e. The second kappa shape index (κ2) is 4.94. The van der Waals surface area contributed by atoms with Crippen molar-refractivity contribution in [1.82, 2.24) is 4.98 Å². The standard InChI is InChI=1S/C15H13NO4/c1-2-13(17)19-9-5-6-12-11(8-9)14(18)10-4-3-7-16-15(10)20-12/h3-8,14,18H,2H2,1H3. The molecule has 1 unspecified atom stereocenters. The first-order valence-electron chi connectivity index (χ1n) is 6.34. The first kappa shape index (κ1) is 12.6. The Morgan fingerprint density at radius 2 is 2.25 bits per heavy atom. The zero-order chi connectivity index (χ0) is 14.1. The summed E-state index contributed by atoms with van der Waals surface area (Å²) in [5.74, 6) is 0.981. The third-order valence-corrected chi connectivity index (χ3v) is 3.10. The summed E-state index contributed by atoms with van der Waals surface area (Å²) in [6.45, 7) is 1.72. The number of benzene rings is 1. The number of esters is 1. The fourth-order valence-electron chi connectivity index (χ4n) is 2.07. The number of nitrogens with zero attached hydrogens (tertiary/aromatic N) is 1. The highest BCUT2D eigenvalue weighted by molar-refractivity contribution is 5.72. The van der Waals surface area contributed by atoms with E-state index in [0.717, 1.165) is 0 Å². The molecule has 5 heteroatoms. The first-order chi connectivity index (χ1) is 9.69. The number of ether oxygens (including phenoxy) is 2. The molecule has 102 valence electrons. The molecule has 0 spiro atoms. The number of rotatable bonds is 2. The summed E-state index contributed by atoms with van der Waals surface area (Å²) in [6, 6.07) is 8.39. The second-order valence-corrected chi connectivity index (χ2v) is 4.43. The maximum Gasteiger partial charge on any atom is 0.310 e. The van der Waals surface area contributed by atoms with Crippen LogP contribution in [0.15, 0.2) is 36.5 Å². The van der Waals surface area contributed by atoms with Crippen molar-refractivity contribution in [3.05, 3.63) is 47.7 Å². The molecule has 0 saturated carbocycles. The molecule has 0 aliphatic carbocycles. The Labute approximate surface area is 115 Å². The van der Waals surface area contributed by atoms with Gasteiger partial charge in [0.25, 0.3) is 0 Å². The molecule has 0 fully saturated rings. The number of hydrogen-bond acceptors (Lipinski definition) is 5. The normalized spacial score (nSPS) is 15.8. The van der Waals surface area contributed by atoms with Crippen LogP contribution in [0.2, 0.25) is 0 Å². The molecule has 2 aromatic rings. The molecule has 0 saturated heterocycles. The van der Waals surface area contributed by atoms with Crippen molar-refractivity contribution < 1.29 is 19.4 Å². The van der Waals surface area contributed by atoms with E-state index in [2.05, 4.69) is 4.98 Å². The fourth-order valence-corrected chi connectivity index (χ4v) is 2.07. The van der Waals surface area contributed by atoms with Gasteiger partial charge in [0.1, 0.15) is 17.6 Å². The SMILES string of the molecule is CCC(=O)Oc1ccc2c(c1)C(O)c1cccnc1O2. The predicted molar refractivity (Wildman–Crippen MR) is 70.7 cm³/mol. The highest BCUT2D eigenvalue weighted by Gasteiger charge is 2.26. The van der Waals surface area contributed by atoms with E-state index >= 15 is 0 Å². The summed E-state index contributed by atoms with van der Waals surface area (Å²) in [7, 11) is 0. The molecule has 1 aliphatic heterocycles. The molecular weight excluding hydrogens is 258 g/mol. The van der Waals surface area contributed by atoms with Crippen LogP contribution in [0.25, 0.3) is 0 Å². The summed E-state index contributed by atoms with van der Waals surface area (Å²) < 4.78 is 10.8. The topological polar surface area (TPSA) is 68.7 Å². The third kappa shape index (κ3) is 2.12. The van der Waals surface area contributed by atoms with Gasteiger partial charge in [-0.3, -0.25) is 4.79 Å². The highest BCUT2D eigenvalue weighted by Crippen LogP contribution is 2.42. The fraction of sp³-hybridized carbons (Fsp3) is 0.200. The van der Waals surface area contributed by atoms with Gasteiger partial charge in [0, 0.05) is 23.7 Å². The van der Waals surface area contributed by atoms with Gasteiger partial charge in [-0.1, -0.05) is 6.92 Å². The van der Waals surface area contributed by atoms with Crippen molar-refractivity contribution in [3.63, 3.8) is 0 Å². The van der Waals surface area contributed by atoms with Crippen LogP contribution in [0.1, 0.15) is 30.6 Å². The number of pyridine rings is 1. The van der Waals surface area contributed by atoms with Crippen molar-refractivity contribution in [2.45, 2.75) is 19.4 Å². The van der Waals surface area contributed by atoms with Crippen LogP contribution in [0.4, 0.5) is 0 Å². The van der Waals surface area contributed by atoms with Gasteiger partial charge in [0.05, 0.1) is 0 Å². The minimum atomic E-state index is -0.845. The molecule has 1 N–H and O–H groups in total. The summed E-state index contributed by atoms with van der Waals surface area (Å²) >= 11 is 0. The molecule has 1 aromatic carbocycles. The van der Waals surface area contributed by atoms with E-state index in [1.165, 1.54) is 0 Å². The van der Waals surface area contributed by atoms with Gasteiger partial charge in [-0.25, -0.2) is 4.98 Å². The maximum absolute atomic E-state index is 11.3. The van der Waals surface area contributed by atoms with E-state index in [1.54, 1.807) is 43.5 Å². The van der Waals surface area contributed by atoms with Crippen molar-refractivity contribution in [2.75, 3.05) is 0 Å². The molecule has 0 amide bonds. The Morgan fingerprint density at radius 3 is 3.05 bits per heavy atom. The minimum absolute atomic E-state index is 0.295. The van der Waals surface area contributed by atoms with Gasteiger partial charge in [-0.15, -0.1) is 0 Å². The molecule has 5 nitrogen and oxygen atoms in total. The van der Waals surface area contributed by atoms with Crippen LogP contribution < -0.4 is 9.47 Å². The van der Waals surface area contributed by atoms with Crippen molar-refractivity contribution >= 4 is 5.97 Å². The Hall–Kier alpha value is -2.40. The monoisotopic (exact) mass is 271 g/mol. The summed E-state index contributed by atoms with van der Waals surface area (Å²) in [5.41, 5.74) is 1.16. The molecule has 0 bridgehead atoms. The van der Waals surface area contributed by atoms with Crippen LogP contribution in [0.3, 0.4) is 0 Å². The summed E-state index contributed by atoms with van der Waals surface area (Å²) in [6.07, 6.45) is 1.05. The van der Waals surface area contributed by atoms with Crippen LogP contribution in [-0.2, 0) is 4.79 Å². The van der Waals surface area contributed by atoms with Gasteiger partial charge >= 0.3 is 5.97 Å². The Balaban J connectivity index is 1.97. The van der Waals surface area contributed by atoms with Crippen molar-refractivity contribution in [2.24, 2.45) is 0 Å². The molecule has 0 radical (unpaired) electrons. The van der Waals surface area contributed by atoms with Crippen LogP contribution >= 0.6 is 0 Å². The Kier molecular flexibility index (Phi) is 3.12. The zero-order valence-electron chi connectivity index (χ0n) is 10.9. The van der Waals surface area contributed by atoms with Gasteiger partial charge in [0.2, 0.25) is 5.88 Å². The molecular formula is C15H13NO4. The lowest BCUT2D eigenvalue weighted by Crippen LogP contribution is -2.12. The average molecular weight is 271 g/mol. The maximum atomic E-state index is 11.3. The summed E-state index contributed by atoms with van der Waals surface area (Å²) in [5, 5.41) is 10.4. The Morgan fingerprint density at radius 1 is 1.40 bits per heavy atom. The molecule has 2 heterocycles. The minimum Gasteiger partial charge on any atom is -0.438 e. The third-order valence-electron chi connectivity index (χ3n) is 3.10. The number of aliphatic hydroxyl groups is 1. The number of hydrogen-bond donors (Lipinski definition) is 1. The number of aliphatic hydroxyl groups excluding tert-OH is 1. The molecule has 1 aliphatic rings. The highest BCUT2D eigenvalue weighted by atomic mass is 16.5. The zero-order valence-corrected chi connectivity index (χ0v) is 10.9.